The summed E-state index contributed by atoms with van der Waals surface area (Å²) in [4.78, 5) is 8.00. The molecule has 1 atom stereocenters. The number of aromatic nitrogens is 1. The van der Waals surface area contributed by atoms with Crippen molar-refractivity contribution in [1.29, 1.82) is 0 Å². The molecular formula is C17H22N2OS. The Labute approximate surface area is 130 Å². The SMILES string of the molecule is CCc1cc(N(C)C)ccc1-c1nc2c(s1)C(O)CCC2. The first kappa shape index (κ1) is 14.5. The molecule has 4 heteroatoms. The maximum absolute atomic E-state index is 10.1. The van der Waals surface area contributed by atoms with E-state index in [9.17, 15) is 5.11 Å². The zero-order valence-corrected chi connectivity index (χ0v) is 13.7. The molecule has 1 heterocycles. The van der Waals surface area contributed by atoms with Crippen LogP contribution in [0.3, 0.4) is 0 Å². The standard InChI is InChI=1S/C17H22N2OS/c1-4-11-10-12(19(2)3)8-9-13(11)17-18-14-6-5-7-15(20)16(14)21-17/h8-10,15,20H,4-7H2,1-3H3. The van der Waals surface area contributed by atoms with Crippen molar-refractivity contribution in [2.45, 2.75) is 38.7 Å². The monoisotopic (exact) mass is 302 g/mol. The van der Waals surface area contributed by atoms with Crippen molar-refractivity contribution in [2.24, 2.45) is 0 Å². The second-order valence-corrected chi connectivity index (χ2v) is 6.86. The van der Waals surface area contributed by atoms with Crippen LogP contribution in [0.1, 0.15) is 42.0 Å². The zero-order chi connectivity index (χ0) is 15.0. The van der Waals surface area contributed by atoms with Gasteiger partial charge in [0.15, 0.2) is 0 Å². The fourth-order valence-electron chi connectivity index (χ4n) is 2.87. The molecule has 0 saturated carbocycles. The number of hydrogen-bond donors (Lipinski definition) is 1. The lowest BCUT2D eigenvalue weighted by atomic mass is 10.0. The molecule has 0 fully saturated rings. The maximum Gasteiger partial charge on any atom is 0.124 e. The maximum atomic E-state index is 10.1. The van der Waals surface area contributed by atoms with Crippen molar-refractivity contribution in [3.8, 4) is 10.6 Å². The Morgan fingerprint density at radius 2 is 2.19 bits per heavy atom. The van der Waals surface area contributed by atoms with E-state index in [0.717, 1.165) is 41.3 Å². The lowest BCUT2D eigenvalue weighted by Crippen LogP contribution is -2.09. The Hall–Kier alpha value is -1.39. The topological polar surface area (TPSA) is 36.4 Å². The van der Waals surface area contributed by atoms with Crippen LogP contribution in [0.2, 0.25) is 0 Å². The van der Waals surface area contributed by atoms with Crippen molar-refractivity contribution in [2.75, 3.05) is 19.0 Å². The van der Waals surface area contributed by atoms with Gasteiger partial charge in [-0.15, -0.1) is 11.3 Å². The van der Waals surface area contributed by atoms with Gasteiger partial charge in [-0.1, -0.05) is 6.92 Å². The first-order valence-electron chi connectivity index (χ1n) is 7.58. The molecule has 0 radical (unpaired) electrons. The van der Waals surface area contributed by atoms with Crippen LogP contribution in [0.4, 0.5) is 5.69 Å². The van der Waals surface area contributed by atoms with Crippen molar-refractivity contribution in [3.05, 3.63) is 34.3 Å². The summed E-state index contributed by atoms with van der Waals surface area (Å²) < 4.78 is 0. The molecule has 0 aliphatic heterocycles. The van der Waals surface area contributed by atoms with Gasteiger partial charge in [0.05, 0.1) is 16.7 Å². The van der Waals surface area contributed by atoms with Gasteiger partial charge in [-0.25, -0.2) is 4.98 Å². The molecule has 0 saturated heterocycles. The molecule has 0 bridgehead atoms. The van der Waals surface area contributed by atoms with Crippen LogP contribution in [0.5, 0.6) is 0 Å². The van der Waals surface area contributed by atoms with E-state index in [1.165, 1.54) is 16.8 Å². The molecule has 21 heavy (non-hydrogen) atoms. The number of aliphatic hydroxyl groups excluding tert-OH is 1. The molecule has 1 aliphatic carbocycles. The van der Waals surface area contributed by atoms with Gasteiger partial charge in [-0.3, -0.25) is 0 Å². The third kappa shape index (κ3) is 2.70. The number of anilines is 1. The fraction of sp³-hybridized carbons (Fsp3) is 0.471. The molecule has 1 aromatic carbocycles. The minimum atomic E-state index is -0.314. The average Bonchev–Trinajstić information content (AvgIpc) is 2.91. The third-order valence-corrected chi connectivity index (χ3v) is 5.37. The number of aryl methyl sites for hydroxylation is 2. The lowest BCUT2D eigenvalue weighted by Gasteiger charge is -2.15. The first-order valence-corrected chi connectivity index (χ1v) is 8.40. The smallest absolute Gasteiger partial charge is 0.124 e. The van der Waals surface area contributed by atoms with Crippen LogP contribution in [-0.2, 0) is 12.8 Å². The van der Waals surface area contributed by atoms with Crippen molar-refractivity contribution < 1.29 is 5.11 Å². The number of hydrogen-bond acceptors (Lipinski definition) is 4. The molecule has 2 aromatic rings. The van der Waals surface area contributed by atoms with Gasteiger partial charge in [0.25, 0.3) is 0 Å². The first-order chi connectivity index (χ1) is 10.1. The Morgan fingerprint density at radius 3 is 2.86 bits per heavy atom. The Kier molecular flexibility index (Phi) is 4.00. The van der Waals surface area contributed by atoms with E-state index >= 15 is 0 Å². The summed E-state index contributed by atoms with van der Waals surface area (Å²) in [5, 5.41) is 11.2. The lowest BCUT2D eigenvalue weighted by molar-refractivity contribution is 0.160. The van der Waals surface area contributed by atoms with Crippen molar-refractivity contribution >= 4 is 17.0 Å². The molecular weight excluding hydrogens is 280 g/mol. The van der Waals surface area contributed by atoms with Gasteiger partial charge in [0.1, 0.15) is 5.01 Å². The van der Waals surface area contributed by atoms with E-state index < -0.39 is 0 Å². The molecule has 112 valence electrons. The summed E-state index contributed by atoms with van der Waals surface area (Å²) in [6.45, 7) is 2.18. The molecule has 0 amide bonds. The quantitative estimate of drug-likeness (QED) is 0.936. The van der Waals surface area contributed by atoms with Gasteiger partial charge < -0.3 is 10.0 Å². The van der Waals surface area contributed by atoms with Crippen LogP contribution in [0.25, 0.3) is 10.6 Å². The summed E-state index contributed by atoms with van der Waals surface area (Å²) in [5.74, 6) is 0. The van der Waals surface area contributed by atoms with E-state index in [2.05, 4.69) is 44.1 Å². The summed E-state index contributed by atoms with van der Waals surface area (Å²) in [6, 6.07) is 6.56. The molecule has 0 spiro atoms. The van der Waals surface area contributed by atoms with Crippen LogP contribution >= 0.6 is 11.3 Å². The number of benzene rings is 1. The van der Waals surface area contributed by atoms with Crippen LogP contribution in [0, 0.1) is 0 Å². The van der Waals surface area contributed by atoms with E-state index in [1.807, 2.05) is 0 Å². The highest BCUT2D eigenvalue weighted by Gasteiger charge is 2.23. The number of thiazole rings is 1. The Morgan fingerprint density at radius 1 is 1.38 bits per heavy atom. The molecule has 1 aliphatic rings. The second kappa shape index (κ2) is 5.78. The summed E-state index contributed by atoms with van der Waals surface area (Å²) in [6.07, 6.45) is 3.59. The number of aliphatic hydroxyl groups is 1. The van der Waals surface area contributed by atoms with Crippen LogP contribution < -0.4 is 4.90 Å². The van der Waals surface area contributed by atoms with Crippen molar-refractivity contribution in [1.82, 2.24) is 4.98 Å². The van der Waals surface area contributed by atoms with Crippen LogP contribution in [-0.4, -0.2) is 24.2 Å². The van der Waals surface area contributed by atoms with E-state index in [0.29, 0.717) is 0 Å². The largest absolute Gasteiger partial charge is 0.388 e. The summed E-state index contributed by atoms with van der Waals surface area (Å²) >= 11 is 1.67. The molecule has 1 unspecified atom stereocenters. The highest BCUT2D eigenvalue weighted by molar-refractivity contribution is 7.15. The number of nitrogens with zero attached hydrogens (tertiary/aromatic N) is 2. The van der Waals surface area contributed by atoms with Gasteiger partial charge in [-0.2, -0.15) is 0 Å². The third-order valence-electron chi connectivity index (χ3n) is 4.14. The van der Waals surface area contributed by atoms with Gasteiger partial charge >= 0.3 is 0 Å². The van der Waals surface area contributed by atoms with E-state index in [4.69, 9.17) is 4.98 Å². The Bertz CT molecular complexity index is 648. The normalized spacial score (nSPS) is 17.6. The number of fused-ring (bicyclic) bond motifs is 1. The van der Waals surface area contributed by atoms with Crippen molar-refractivity contribution in [3.63, 3.8) is 0 Å². The van der Waals surface area contributed by atoms with Crippen LogP contribution in [0.15, 0.2) is 18.2 Å². The van der Waals surface area contributed by atoms with Gasteiger partial charge in [0, 0.05) is 25.3 Å². The summed E-state index contributed by atoms with van der Waals surface area (Å²) in [7, 11) is 4.12. The number of rotatable bonds is 3. The fourth-order valence-corrected chi connectivity index (χ4v) is 4.06. The summed E-state index contributed by atoms with van der Waals surface area (Å²) in [5.41, 5.74) is 4.86. The highest BCUT2D eigenvalue weighted by atomic mass is 32.1. The average molecular weight is 302 g/mol. The highest BCUT2D eigenvalue weighted by Crippen LogP contribution is 2.39. The van der Waals surface area contributed by atoms with Gasteiger partial charge in [0.2, 0.25) is 0 Å². The second-order valence-electron chi connectivity index (χ2n) is 5.83. The zero-order valence-electron chi connectivity index (χ0n) is 12.9. The minimum absolute atomic E-state index is 0.314. The minimum Gasteiger partial charge on any atom is -0.388 e. The predicted molar refractivity (Wildman–Crippen MR) is 89.2 cm³/mol. The molecule has 3 nitrogen and oxygen atoms in total. The van der Waals surface area contributed by atoms with Gasteiger partial charge in [-0.05, 0) is 49.4 Å². The molecule has 1 aromatic heterocycles. The molecule has 1 N–H and O–H groups in total. The molecule has 3 rings (SSSR count). The predicted octanol–water partition coefficient (Wildman–Crippen LogP) is 3.81. The van der Waals surface area contributed by atoms with E-state index in [-0.39, 0.29) is 6.10 Å². The van der Waals surface area contributed by atoms with E-state index in [1.54, 1.807) is 11.3 Å². The Balaban J connectivity index is 2.04.